The van der Waals surface area contributed by atoms with Crippen molar-refractivity contribution in [1.29, 1.82) is 0 Å². The van der Waals surface area contributed by atoms with Crippen LogP contribution in [0.5, 0.6) is 5.75 Å². The summed E-state index contributed by atoms with van der Waals surface area (Å²) in [5.74, 6) is 3.42. The number of hydrogen-bond donors (Lipinski definition) is 1. The molecule has 2 heterocycles. The third-order valence-electron chi connectivity index (χ3n) is 6.99. The van der Waals surface area contributed by atoms with Crippen LogP contribution in [0.3, 0.4) is 0 Å². The number of nitrogens with zero attached hydrogens (tertiary/aromatic N) is 1. The predicted molar refractivity (Wildman–Crippen MR) is 110 cm³/mol. The van der Waals surface area contributed by atoms with Crippen molar-refractivity contribution in [3.8, 4) is 5.75 Å². The monoisotopic (exact) mass is 360 g/mol. The molecule has 1 saturated carbocycles. The number of nitrogens with one attached hydrogen (secondary N) is 1. The van der Waals surface area contributed by atoms with E-state index >= 15 is 0 Å². The number of ether oxygens (including phenoxy) is 1. The van der Waals surface area contributed by atoms with Gasteiger partial charge in [0.15, 0.2) is 0 Å². The molecule has 1 aliphatic heterocycles. The molecule has 2 aromatic carbocycles. The van der Waals surface area contributed by atoms with Crippen molar-refractivity contribution in [1.82, 2.24) is 9.97 Å². The Bertz CT molecular complexity index is 995. The molecule has 3 nitrogen and oxygen atoms in total. The largest absolute Gasteiger partial charge is 0.492 e. The summed E-state index contributed by atoms with van der Waals surface area (Å²) in [5, 5.41) is 0. The van der Waals surface area contributed by atoms with Crippen LogP contribution in [-0.4, -0.2) is 16.6 Å². The Morgan fingerprint density at radius 3 is 2.63 bits per heavy atom. The second kappa shape index (κ2) is 6.12. The Morgan fingerprint density at radius 1 is 1.07 bits per heavy atom. The van der Waals surface area contributed by atoms with Gasteiger partial charge >= 0.3 is 0 Å². The average molecular weight is 361 g/mol. The minimum atomic E-state index is 0.240. The first-order valence-electron chi connectivity index (χ1n) is 10.2. The minimum absolute atomic E-state index is 0.240. The number of H-pyrrole nitrogens is 1. The molecule has 3 aromatic rings. The van der Waals surface area contributed by atoms with Gasteiger partial charge in [-0.3, -0.25) is 0 Å². The van der Waals surface area contributed by atoms with Gasteiger partial charge in [0.1, 0.15) is 11.6 Å². The van der Waals surface area contributed by atoms with Crippen molar-refractivity contribution in [3.63, 3.8) is 0 Å². The summed E-state index contributed by atoms with van der Waals surface area (Å²) in [6, 6.07) is 13.2. The Labute approximate surface area is 161 Å². The molecule has 1 fully saturated rings. The maximum absolute atomic E-state index is 6.09. The minimum Gasteiger partial charge on any atom is -0.492 e. The van der Waals surface area contributed by atoms with Gasteiger partial charge in [-0.2, -0.15) is 0 Å². The molecule has 0 bridgehead atoms. The SMILES string of the molecule is Cc1ccc2c(c1)OCC21CCC([C@@H](C)c2nc3ccc(C)cc3[nH]2)CC1. The molecule has 1 N–H and O–H groups in total. The van der Waals surface area contributed by atoms with Crippen molar-refractivity contribution in [2.75, 3.05) is 6.61 Å². The van der Waals surface area contributed by atoms with E-state index in [1.165, 1.54) is 42.4 Å². The van der Waals surface area contributed by atoms with Crippen LogP contribution < -0.4 is 4.74 Å². The van der Waals surface area contributed by atoms with E-state index in [2.05, 4.69) is 62.2 Å². The van der Waals surface area contributed by atoms with Gasteiger partial charge in [0.05, 0.1) is 17.6 Å². The van der Waals surface area contributed by atoms with E-state index in [4.69, 9.17) is 9.72 Å². The summed E-state index contributed by atoms with van der Waals surface area (Å²) in [4.78, 5) is 8.46. The summed E-state index contributed by atoms with van der Waals surface area (Å²) in [7, 11) is 0. The number of hydrogen-bond acceptors (Lipinski definition) is 2. The lowest BCUT2D eigenvalue weighted by atomic mass is 9.65. The number of aryl methyl sites for hydroxylation is 2. The van der Waals surface area contributed by atoms with E-state index in [0.717, 1.165) is 29.2 Å². The summed E-state index contributed by atoms with van der Waals surface area (Å²) in [5.41, 5.74) is 6.50. The second-order valence-electron chi connectivity index (χ2n) is 8.84. The van der Waals surface area contributed by atoms with Gasteiger partial charge < -0.3 is 9.72 Å². The zero-order valence-electron chi connectivity index (χ0n) is 16.5. The van der Waals surface area contributed by atoms with Crippen molar-refractivity contribution >= 4 is 11.0 Å². The fraction of sp³-hybridized carbons (Fsp3) is 0.458. The van der Waals surface area contributed by atoms with E-state index in [-0.39, 0.29) is 5.41 Å². The summed E-state index contributed by atoms with van der Waals surface area (Å²) < 4.78 is 6.09. The summed E-state index contributed by atoms with van der Waals surface area (Å²) >= 11 is 0. The highest BCUT2D eigenvalue weighted by molar-refractivity contribution is 5.75. The maximum atomic E-state index is 6.09. The van der Waals surface area contributed by atoms with Crippen LogP contribution in [0.15, 0.2) is 36.4 Å². The molecular weight excluding hydrogens is 332 g/mol. The van der Waals surface area contributed by atoms with Crippen LogP contribution >= 0.6 is 0 Å². The molecule has 1 atom stereocenters. The number of aromatic amines is 1. The van der Waals surface area contributed by atoms with E-state index in [1.807, 2.05) is 0 Å². The third kappa shape index (κ3) is 2.75. The first kappa shape index (κ1) is 16.9. The molecule has 1 aromatic heterocycles. The first-order valence-corrected chi connectivity index (χ1v) is 10.2. The predicted octanol–water partition coefficient (Wildman–Crippen LogP) is 5.80. The van der Waals surface area contributed by atoms with Crippen molar-refractivity contribution < 1.29 is 4.74 Å². The topological polar surface area (TPSA) is 37.9 Å². The van der Waals surface area contributed by atoms with Crippen LogP contribution in [-0.2, 0) is 5.41 Å². The standard InChI is InChI=1S/C24H28N2O/c1-15-5-7-20-21(12-15)26-23(25-20)17(3)18-8-10-24(11-9-18)14-27-22-13-16(2)4-6-19(22)24/h4-7,12-13,17-18H,8-11,14H2,1-3H3,(H,25,26)/t17-,18?,24?/m1/s1. The molecule has 0 amide bonds. The van der Waals surface area contributed by atoms with Crippen molar-refractivity contribution in [3.05, 3.63) is 58.9 Å². The maximum Gasteiger partial charge on any atom is 0.123 e. The highest BCUT2D eigenvalue weighted by atomic mass is 16.5. The van der Waals surface area contributed by atoms with Gasteiger partial charge in [-0.05, 0) is 74.8 Å². The molecule has 3 heteroatoms. The lowest BCUT2D eigenvalue weighted by Gasteiger charge is -2.38. The van der Waals surface area contributed by atoms with E-state index in [0.29, 0.717) is 11.8 Å². The van der Waals surface area contributed by atoms with Crippen LogP contribution in [0, 0.1) is 19.8 Å². The fourth-order valence-corrected chi connectivity index (χ4v) is 5.17. The smallest absolute Gasteiger partial charge is 0.123 e. The van der Waals surface area contributed by atoms with E-state index in [9.17, 15) is 0 Å². The Balaban J connectivity index is 1.34. The normalized spacial score (nSPS) is 25.5. The van der Waals surface area contributed by atoms with Crippen LogP contribution in [0.1, 0.15) is 61.0 Å². The van der Waals surface area contributed by atoms with Gasteiger partial charge in [-0.25, -0.2) is 4.98 Å². The van der Waals surface area contributed by atoms with Gasteiger partial charge in [0.25, 0.3) is 0 Å². The zero-order chi connectivity index (χ0) is 18.6. The van der Waals surface area contributed by atoms with Gasteiger partial charge in [-0.15, -0.1) is 0 Å². The molecule has 27 heavy (non-hydrogen) atoms. The van der Waals surface area contributed by atoms with E-state index in [1.54, 1.807) is 0 Å². The van der Waals surface area contributed by atoms with Gasteiger partial charge in [-0.1, -0.05) is 25.1 Å². The highest BCUT2D eigenvalue weighted by Gasteiger charge is 2.44. The molecular formula is C24H28N2O. The molecule has 0 unspecified atom stereocenters. The third-order valence-corrected chi connectivity index (χ3v) is 6.99. The van der Waals surface area contributed by atoms with Crippen LogP contribution in [0.25, 0.3) is 11.0 Å². The molecule has 1 aliphatic carbocycles. The van der Waals surface area contributed by atoms with E-state index < -0.39 is 0 Å². The first-order chi connectivity index (χ1) is 13.0. The molecule has 0 saturated heterocycles. The number of aromatic nitrogens is 2. The zero-order valence-corrected chi connectivity index (χ0v) is 16.5. The number of rotatable bonds is 2. The quantitative estimate of drug-likeness (QED) is 0.627. The van der Waals surface area contributed by atoms with Gasteiger partial charge in [0.2, 0.25) is 0 Å². The lowest BCUT2D eigenvalue weighted by molar-refractivity contribution is 0.169. The van der Waals surface area contributed by atoms with Crippen molar-refractivity contribution in [2.45, 2.75) is 57.8 Å². The molecule has 2 aliphatic rings. The number of benzene rings is 2. The molecule has 0 radical (unpaired) electrons. The Kier molecular flexibility index (Phi) is 3.82. The molecule has 5 rings (SSSR count). The molecule has 140 valence electrons. The average Bonchev–Trinajstić information content (AvgIpc) is 3.23. The Morgan fingerprint density at radius 2 is 1.81 bits per heavy atom. The highest BCUT2D eigenvalue weighted by Crippen LogP contribution is 2.51. The van der Waals surface area contributed by atoms with Crippen molar-refractivity contribution in [2.24, 2.45) is 5.92 Å². The number of fused-ring (bicyclic) bond motifs is 3. The summed E-state index contributed by atoms with van der Waals surface area (Å²) in [6.45, 7) is 7.47. The summed E-state index contributed by atoms with van der Waals surface area (Å²) in [6.07, 6.45) is 4.93. The van der Waals surface area contributed by atoms with Crippen LogP contribution in [0.2, 0.25) is 0 Å². The van der Waals surface area contributed by atoms with Crippen LogP contribution in [0.4, 0.5) is 0 Å². The Hall–Kier alpha value is -2.29. The number of imidazole rings is 1. The lowest BCUT2D eigenvalue weighted by Crippen LogP contribution is -2.34. The fourth-order valence-electron chi connectivity index (χ4n) is 5.17. The second-order valence-corrected chi connectivity index (χ2v) is 8.84. The van der Waals surface area contributed by atoms with Gasteiger partial charge in [0, 0.05) is 16.9 Å². The molecule has 1 spiro atoms.